The van der Waals surface area contributed by atoms with Crippen LogP contribution in [0.1, 0.15) is 9.67 Å². The molecule has 0 aliphatic rings. The van der Waals surface area contributed by atoms with Gasteiger partial charge in [0, 0.05) is 5.69 Å². The Bertz CT molecular complexity index is 795. The summed E-state index contributed by atoms with van der Waals surface area (Å²) in [5.74, 6) is -1.24. The van der Waals surface area contributed by atoms with Crippen molar-refractivity contribution in [2.24, 2.45) is 5.73 Å². The monoisotopic (exact) mass is 333 g/mol. The first-order valence-electron chi connectivity index (χ1n) is 6.30. The minimum Gasteiger partial charge on any atom is -0.451 e. The molecule has 3 N–H and O–H groups in total. The summed E-state index contributed by atoms with van der Waals surface area (Å²) in [5, 5.41) is 3.96. The smallest absolute Gasteiger partial charge is 0.348 e. The van der Waals surface area contributed by atoms with Gasteiger partial charge < -0.3 is 15.8 Å². The molecule has 112 valence electrons. The second-order valence-corrected chi connectivity index (χ2v) is 6.65. The fraction of sp³-hybridized carbons (Fsp3) is 0.0714. The van der Waals surface area contributed by atoms with Gasteiger partial charge in [0.15, 0.2) is 11.7 Å². The van der Waals surface area contributed by atoms with Crippen LogP contribution in [0.25, 0.3) is 9.53 Å². The molecule has 0 aliphatic carbocycles. The van der Waals surface area contributed by atoms with E-state index in [1.54, 1.807) is 6.07 Å². The lowest BCUT2D eigenvalue weighted by Crippen LogP contribution is -2.20. The highest BCUT2D eigenvalue weighted by atomic mass is 32.2. The molecule has 0 aliphatic heterocycles. The third kappa shape index (κ3) is 3.23. The average molecular weight is 333 g/mol. The summed E-state index contributed by atoms with van der Waals surface area (Å²) in [6.45, 7) is -0.418. The van der Waals surface area contributed by atoms with E-state index < -0.39 is 18.5 Å². The van der Waals surface area contributed by atoms with Crippen LogP contribution in [0.3, 0.4) is 0 Å². The number of esters is 1. The van der Waals surface area contributed by atoms with Crippen LogP contribution in [-0.4, -0.2) is 23.5 Å². The van der Waals surface area contributed by atoms with E-state index in [0.717, 1.165) is 20.3 Å². The Balaban J connectivity index is 1.74. The number of nitrogens with zero attached hydrogens (tertiary/aromatic N) is 1. The van der Waals surface area contributed by atoms with Gasteiger partial charge in [-0.2, -0.15) is 0 Å². The number of nitrogens with one attached hydrogen (secondary N) is 1. The maximum Gasteiger partial charge on any atom is 0.348 e. The highest BCUT2D eigenvalue weighted by Crippen LogP contribution is 2.34. The molecule has 2 aromatic heterocycles. The number of aromatic nitrogens is 1. The Kier molecular flexibility index (Phi) is 4.03. The van der Waals surface area contributed by atoms with Crippen LogP contribution in [-0.2, 0) is 9.53 Å². The van der Waals surface area contributed by atoms with E-state index >= 15 is 0 Å². The number of hydrogen-bond donors (Lipinski definition) is 2. The summed E-state index contributed by atoms with van der Waals surface area (Å²) >= 11 is 2.73. The molecule has 22 heavy (non-hydrogen) atoms. The number of thiazole rings is 1. The third-order valence-electron chi connectivity index (χ3n) is 2.66. The molecule has 0 spiro atoms. The fourth-order valence-corrected chi connectivity index (χ4v) is 3.83. The molecule has 0 saturated carbocycles. The number of primary amides is 1. The van der Waals surface area contributed by atoms with E-state index in [1.165, 1.54) is 22.7 Å². The van der Waals surface area contributed by atoms with Gasteiger partial charge in [-0.3, -0.25) is 4.79 Å². The zero-order valence-corrected chi connectivity index (χ0v) is 12.9. The number of anilines is 2. The number of fused-ring (bicyclic) bond motifs is 1. The molecular formula is C14H11N3O3S2. The number of para-hydroxylation sites is 1. The first-order valence-corrected chi connectivity index (χ1v) is 7.93. The predicted molar refractivity (Wildman–Crippen MR) is 86.7 cm³/mol. The molecule has 2 heterocycles. The van der Waals surface area contributed by atoms with Crippen molar-refractivity contribution < 1.29 is 14.3 Å². The van der Waals surface area contributed by atoms with Gasteiger partial charge in [0.2, 0.25) is 0 Å². The van der Waals surface area contributed by atoms with Crippen LogP contribution >= 0.6 is 22.7 Å². The molecular weight excluding hydrogens is 322 g/mol. The van der Waals surface area contributed by atoms with Crippen molar-refractivity contribution in [2.75, 3.05) is 11.9 Å². The van der Waals surface area contributed by atoms with Gasteiger partial charge >= 0.3 is 5.97 Å². The van der Waals surface area contributed by atoms with E-state index in [-0.39, 0.29) is 0 Å². The van der Waals surface area contributed by atoms with E-state index in [2.05, 4.69) is 10.3 Å². The molecule has 0 atom stereocenters. The van der Waals surface area contributed by atoms with Crippen molar-refractivity contribution in [3.05, 3.63) is 41.3 Å². The predicted octanol–water partition coefficient (Wildman–Crippen LogP) is 2.74. The van der Waals surface area contributed by atoms with E-state index in [4.69, 9.17) is 10.5 Å². The van der Waals surface area contributed by atoms with Gasteiger partial charge in [0.1, 0.15) is 8.89 Å². The first-order chi connectivity index (χ1) is 10.6. The number of benzene rings is 1. The molecule has 1 aromatic carbocycles. The molecule has 0 saturated heterocycles. The standard InChI is InChI=1S/C14H11N3O3S2/c15-11(18)7-20-12(19)10-6-9-13(21-10)22-14(17-9)16-8-4-2-1-3-5-8/h1-6H,7H2,(H2,15,18)(H,16,17). The number of nitrogens with two attached hydrogens (primary N) is 1. The molecule has 0 bridgehead atoms. The van der Waals surface area contributed by atoms with Crippen LogP contribution in [0.5, 0.6) is 0 Å². The van der Waals surface area contributed by atoms with Crippen molar-refractivity contribution >= 4 is 54.9 Å². The lowest BCUT2D eigenvalue weighted by Gasteiger charge is -2.00. The van der Waals surface area contributed by atoms with Crippen LogP contribution in [0, 0.1) is 0 Å². The summed E-state index contributed by atoms with van der Waals surface area (Å²) in [6, 6.07) is 11.4. The number of carbonyl (C=O) groups is 2. The fourth-order valence-electron chi connectivity index (χ4n) is 1.74. The number of rotatable bonds is 5. The van der Waals surface area contributed by atoms with Crippen LogP contribution in [0.4, 0.5) is 10.8 Å². The Hall–Kier alpha value is -2.45. The second kappa shape index (κ2) is 6.12. The third-order valence-corrected chi connectivity index (χ3v) is 4.84. The lowest BCUT2D eigenvalue weighted by atomic mass is 10.3. The number of ether oxygens (including phenoxy) is 1. The number of amides is 1. The van der Waals surface area contributed by atoms with Gasteiger partial charge in [0.25, 0.3) is 5.91 Å². The van der Waals surface area contributed by atoms with E-state index in [1.807, 2.05) is 30.3 Å². The van der Waals surface area contributed by atoms with Crippen LogP contribution < -0.4 is 11.1 Å². The zero-order valence-electron chi connectivity index (χ0n) is 11.2. The lowest BCUT2D eigenvalue weighted by molar-refractivity contribution is -0.121. The van der Waals surface area contributed by atoms with E-state index in [0.29, 0.717) is 4.88 Å². The molecule has 8 heteroatoms. The highest BCUT2D eigenvalue weighted by Gasteiger charge is 2.15. The molecule has 0 radical (unpaired) electrons. The normalized spacial score (nSPS) is 10.5. The van der Waals surface area contributed by atoms with Gasteiger partial charge in [-0.1, -0.05) is 29.5 Å². The van der Waals surface area contributed by atoms with Gasteiger partial charge in [-0.15, -0.1) is 11.3 Å². The summed E-state index contributed by atoms with van der Waals surface area (Å²) in [4.78, 5) is 27.2. The number of carbonyl (C=O) groups excluding carboxylic acids is 2. The van der Waals surface area contributed by atoms with Gasteiger partial charge in [-0.25, -0.2) is 9.78 Å². The highest BCUT2D eigenvalue weighted by molar-refractivity contribution is 7.40. The minimum absolute atomic E-state index is 0.404. The Labute approximate surface area is 133 Å². The van der Waals surface area contributed by atoms with Crippen LogP contribution in [0.15, 0.2) is 36.4 Å². The second-order valence-electron chi connectivity index (χ2n) is 4.34. The van der Waals surface area contributed by atoms with Crippen molar-refractivity contribution in [2.45, 2.75) is 0 Å². The maximum absolute atomic E-state index is 11.7. The quantitative estimate of drug-likeness (QED) is 0.700. The Morgan fingerprint density at radius 3 is 2.68 bits per heavy atom. The van der Waals surface area contributed by atoms with Crippen LogP contribution in [0.2, 0.25) is 0 Å². The summed E-state index contributed by atoms with van der Waals surface area (Å²) in [7, 11) is 0. The topological polar surface area (TPSA) is 94.3 Å². The van der Waals surface area contributed by atoms with Crippen molar-refractivity contribution in [1.82, 2.24) is 4.98 Å². The number of hydrogen-bond acceptors (Lipinski definition) is 7. The summed E-state index contributed by atoms with van der Waals surface area (Å²) < 4.78 is 5.68. The Morgan fingerprint density at radius 1 is 1.23 bits per heavy atom. The SMILES string of the molecule is NC(=O)COC(=O)c1cc2nc(Nc3ccccc3)sc2s1. The minimum atomic E-state index is -0.681. The molecule has 1 amide bonds. The van der Waals surface area contributed by atoms with Gasteiger partial charge in [-0.05, 0) is 18.2 Å². The van der Waals surface area contributed by atoms with E-state index in [9.17, 15) is 9.59 Å². The molecule has 6 nitrogen and oxygen atoms in total. The molecule has 3 rings (SSSR count). The molecule has 3 aromatic rings. The first kappa shape index (κ1) is 14.5. The number of thiophene rings is 1. The zero-order chi connectivity index (χ0) is 15.5. The molecule has 0 fully saturated rings. The van der Waals surface area contributed by atoms with Crippen molar-refractivity contribution in [1.29, 1.82) is 0 Å². The largest absolute Gasteiger partial charge is 0.451 e. The summed E-state index contributed by atoms with van der Waals surface area (Å²) in [6.07, 6.45) is 0. The maximum atomic E-state index is 11.7. The van der Waals surface area contributed by atoms with Crippen molar-refractivity contribution in [3.8, 4) is 0 Å². The summed E-state index contributed by atoms with van der Waals surface area (Å²) in [5.41, 5.74) is 6.61. The Morgan fingerprint density at radius 2 is 2.00 bits per heavy atom. The van der Waals surface area contributed by atoms with Gasteiger partial charge in [0.05, 0.1) is 5.52 Å². The van der Waals surface area contributed by atoms with Crippen molar-refractivity contribution in [3.63, 3.8) is 0 Å². The average Bonchev–Trinajstić information content (AvgIpc) is 3.04. The molecule has 0 unspecified atom stereocenters.